The molecule has 1 fully saturated rings. The summed E-state index contributed by atoms with van der Waals surface area (Å²) < 4.78 is 4.62. The molecule has 20 heavy (non-hydrogen) atoms. The minimum Gasteiger partial charge on any atom is -0.468 e. The lowest BCUT2D eigenvalue weighted by molar-refractivity contribution is -0.151. The maximum Gasteiger partial charge on any atom is 0.318 e. The zero-order chi connectivity index (χ0) is 14.7. The van der Waals surface area contributed by atoms with Crippen LogP contribution in [0.15, 0.2) is 24.3 Å². The van der Waals surface area contributed by atoms with Crippen molar-refractivity contribution in [1.82, 2.24) is 4.90 Å². The van der Waals surface area contributed by atoms with Crippen molar-refractivity contribution < 1.29 is 19.1 Å². The van der Waals surface area contributed by atoms with Crippen LogP contribution in [0.3, 0.4) is 0 Å². The highest BCUT2D eigenvalue weighted by Gasteiger charge is 2.35. The molecule has 0 radical (unpaired) electrons. The summed E-state index contributed by atoms with van der Waals surface area (Å²) >= 11 is 0. The molecule has 0 spiro atoms. The van der Waals surface area contributed by atoms with Crippen LogP contribution in [0.4, 0.5) is 0 Å². The molecule has 0 bridgehead atoms. The fraction of sp³-hybridized carbons (Fsp3) is 0.400. The van der Waals surface area contributed by atoms with Crippen LogP contribution in [-0.4, -0.2) is 42.8 Å². The van der Waals surface area contributed by atoms with Crippen LogP contribution in [0.2, 0.25) is 0 Å². The maximum atomic E-state index is 12.4. The maximum absolute atomic E-state index is 12.4. The monoisotopic (exact) mass is 275 g/mol. The number of piperidine rings is 1. The van der Waals surface area contributed by atoms with Crippen molar-refractivity contribution in [3.8, 4) is 0 Å². The highest BCUT2D eigenvalue weighted by atomic mass is 16.5. The molecule has 1 heterocycles. The molecule has 1 aromatic rings. The van der Waals surface area contributed by atoms with Crippen molar-refractivity contribution in [2.45, 2.75) is 13.3 Å². The van der Waals surface area contributed by atoms with Gasteiger partial charge in [-0.25, -0.2) is 0 Å². The van der Waals surface area contributed by atoms with Crippen LogP contribution >= 0.6 is 0 Å². The lowest BCUT2D eigenvalue weighted by Crippen LogP contribution is -2.47. The zero-order valence-corrected chi connectivity index (χ0v) is 11.6. The Morgan fingerprint density at radius 2 is 2.10 bits per heavy atom. The summed E-state index contributed by atoms with van der Waals surface area (Å²) in [7, 11) is 1.25. The fourth-order valence-corrected chi connectivity index (χ4v) is 2.33. The third-order valence-corrected chi connectivity index (χ3v) is 3.46. The number of hydrogen-bond acceptors (Lipinski definition) is 4. The number of esters is 1. The predicted octanol–water partition coefficient (Wildman–Crippen LogP) is 1.20. The number of carbonyl (C=O) groups excluding carboxylic acids is 3. The van der Waals surface area contributed by atoms with Crippen LogP contribution in [0.25, 0.3) is 0 Å². The summed E-state index contributed by atoms with van der Waals surface area (Å²) in [5.41, 5.74) is 1.57. The largest absolute Gasteiger partial charge is 0.468 e. The minimum absolute atomic E-state index is 0.0955. The number of benzene rings is 1. The molecule has 1 aliphatic rings. The molecule has 1 unspecified atom stereocenters. The molecule has 5 nitrogen and oxygen atoms in total. The van der Waals surface area contributed by atoms with Crippen LogP contribution in [-0.2, 0) is 14.3 Å². The van der Waals surface area contributed by atoms with Gasteiger partial charge in [0.2, 0.25) is 0 Å². The summed E-state index contributed by atoms with van der Waals surface area (Å²) in [6.45, 7) is 2.35. The van der Waals surface area contributed by atoms with Gasteiger partial charge in [-0.15, -0.1) is 0 Å². The SMILES string of the molecule is COC(=O)C1CN(C(=O)c2cccc(C)c2)CCC1=O. The molecule has 0 saturated carbocycles. The second kappa shape index (κ2) is 5.86. The number of ether oxygens (including phenoxy) is 1. The Morgan fingerprint density at radius 1 is 1.35 bits per heavy atom. The molecule has 0 N–H and O–H groups in total. The first-order valence-electron chi connectivity index (χ1n) is 6.49. The molecule has 0 aliphatic carbocycles. The van der Waals surface area contributed by atoms with Gasteiger partial charge in [0, 0.05) is 25.1 Å². The van der Waals surface area contributed by atoms with E-state index in [1.54, 1.807) is 12.1 Å². The normalized spacial score (nSPS) is 18.8. The number of carbonyl (C=O) groups is 3. The van der Waals surface area contributed by atoms with Gasteiger partial charge in [-0.05, 0) is 19.1 Å². The summed E-state index contributed by atoms with van der Waals surface area (Å²) in [5, 5.41) is 0. The highest BCUT2D eigenvalue weighted by molar-refractivity contribution is 6.02. The van der Waals surface area contributed by atoms with Crippen LogP contribution in [0, 0.1) is 12.8 Å². The standard InChI is InChI=1S/C15H17NO4/c1-10-4-3-5-11(8-10)14(18)16-7-6-13(17)12(9-16)15(19)20-2/h3-5,8,12H,6-7,9H2,1-2H3. The summed E-state index contributed by atoms with van der Waals surface area (Å²) in [6, 6.07) is 7.26. The van der Waals surface area contributed by atoms with Gasteiger partial charge in [0.05, 0.1) is 7.11 Å². The molecule has 0 aromatic heterocycles. The van der Waals surface area contributed by atoms with Crippen molar-refractivity contribution in [3.63, 3.8) is 0 Å². The van der Waals surface area contributed by atoms with E-state index in [1.165, 1.54) is 12.0 Å². The Hall–Kier alpha value is -2.17. The van der Waals surface area contributed by atoms with E-state index in [1.807, 2.05) is 19.1 Å². The number of aryl methyl sites for hydroxylation is 1. The first kappa shape index (κ1) is 14.2. The van der Waals surface area contributed by atoms with E-state index in [0.717, 1.165) is 5.56 Å². The number of nitrogens with zero attached hydrogens (tertiary/aromatic N) is 1. The van der Waals surface area contributed by atoms with E-state index in [4.69, 9.17) is 0 Å². The number of rotatable bonds is 2. The quantitative estimate of drug-likeness (QED) is 0.601. The van der Waals surface area contributed by atoms with Crippen molar-refractivity contribution in [3.05, 3.63) is 35.4 Å². The number of ketones is 1. The van der Waals surface area contributed by atoms with Crippen molar-refractivity contribution in [1.29, 1.82) is 0 Å². The van der Waals surface area contributed by atoms with Gasteiger partial charge in [-0.3, -0.25) is 14.4 Å². The van der Waals surface area contributed by atoms with Gasteiger partial charge in [0.1, 0.15) is 5.92 Å². The number of hydrogen-bond donors (Lipinski definition) is 0. The first-order valence-corrected chi connectivity index (χ1v) is 6.49. The van der Waals surface area contributed by atoms with Crippen LogP contribution in [0.5, 0.6) is 0 Å². The summed E-state index contributed by atoms with van der Waals surface area (Å²) in [4.78, 5) is 37.2. The van der Waals surface area contributed by atoms with Gasteiger partial charge >= 0.3 is 5.97 Å². The van der Waals surface area contributed by atoms with Crippen molar-refractivity contribution in [2.24, 2.45) is 5.92 Å². The second-order valence-electron chi connectivity index (χ2n) is 4.91. The Kier molecular flexibility index (Phi) is 4.17. The molecule has 5 heteroatoms. The number of likely N-dealkylation sites (tertiary alicyclic amines) is 1. The fourth-order valence-electron chi connectivity index (χ4n) is 2.33. The van der Waals surface area contributed by atoms with E-state index in [9.17, 15) is 14.4 Å². The number of amides is 1. The van der Waals surface area contributed by atoms with E-state index in [0.29, 0.717) is 12.1 Å². The topological polar surface area (TPSA) is 63.7 Å². The average molecular weight is 275 g/mol. The molecular weight excluding hydrogens is 258 g/mol. The first-order chi connectivity index (χ1) is 9.52. The smallest absolute Gasteiger partial charge is 0.318 e. The molecular formula is C15H17NO4. The second-order valence-corrected chi connectivity index (χ2v) is 4.91. The molecule has 1 aromatic carbocycles. The Bertz CT molecular complexity index is 545. The molecule has 1 saturated heterocycles. The minimum atomic E-state index is -0.859. The highest BCUT2D eigenvalue weighted by Crippen LogP contribution is 2.17. The predicted molar refractivity (Wildman–Crippen MR) is 72.2 cm³/mol. The van der Waals surface area contributed by atoms with E-state index < -0.39 is 11.9 Å². The van der Waals surface area contributed by atoms with E-state index in [2.05, 4.69) is 4.74 Å². The molecule has 1 aliphatic heterocycles. The lowest BCUT2D eigenvalue weighted by atomic mass is 9.96. The number of methoxy groups -OCH3 is 1. The Balaban J connectivity index is 2.15. The van der Waals surface area contributed by atoms with Gasteiger partial charge in [-0.1, -0.05) is 17.7 Å². The van der Waals surface area contributed by atoms with Gasteiger partial charge in [0.15, 0.2) is 5.78 Å². The van der Waals surface area contributed by atoms with Gasteiger partial charge < -0.3 is 9.64 Å². The van der Waals surface area contributed by atoms with E-state index >= 15 is 0 Å². The molecule has 1 amide bonds. The van der Waals surface area contributed by atoms with E-state index in [-0.39, 0.29) is 24.7 Å². The van der Waals surface area contributed by atoms with Crippen molar-refractivity contribution in [2.75, 3.05) is 20.2 Å². The molecule has 1 atom stereocenters. The lowest BCUT2D eigenvalue weighted by Gasteiger charge is -2.30. The van der Waals surface area contributed by atoms with Gasteiger partial charge in [0.25, 0.3) is 5.91 Å². The van der Waals surface area contributed by atoms with Crippen molar-refractivity contribution >= 4 is 17.7 Å². The third kappa shape index (κ3) is 2.87. The Morgan fingerprint density at radius 3 is 2.75 bits per heavy atom. The molecule has 2 rings (SSSR count). The third-order valence-electron chi connectivity index (χ3n) is 3.46. The average Bonchev–Trinajstić information content (AvgIpc) is 2.46. The Labute approximate surface area is 117 Å². The summed E-state index contributed by atoms with van der Waals surface area (Å²) in [6.07, 6.45) is 0.192. The number of Topliss-reactive ketones (excluding diaryl/α,β-unsaturated/α-hetero) is 1. The summed E-state index contributed by atoms with van der Waals surface area (Å²) in [5.74, 6) is -1.75. The van der Waals surface area contributed by atoms with Crippen LogP contribution in [0.1, 0.15) is 22.3 Å². The van der Waals surface area contributed by atoms with Crippen LogP contribution < -0.4 is 0 Å². The molecule has 106 valence electrons. The van der Waals surface area contributed by atoms with Gasteiger partial charge in [-0.2, -0.15) is 0 Å². The zero-order valence-electron chi connectivity index (χ0n) is 11.6.